The smallest absolute Gasteiger partial charge is 0.294 e. The Labute approximate surface area is 140 Å². The van der Waals surface area contributed by atoms with Crippen LogP contribution in [-0.2, 0) is 27.8 Å². The average molecular weight is 349 g/mol. The maximum atomic E-state index is 11.1. The van der Waals surface area contributed by atoms with Crippen LogP contribution in [0.5, 0.6) is 0 Å². The van der Waals surface area contributed by atoms with Gasteiger partial charge in [0.15, 0.2) is 0 Å². The first kappa shape index (κ1) is 18.1. The van der Waals surface area contributed by atoms with Gasteiger partial charge in [0.1, 0.15) is 0 Å². The molecular formula is C17H19NO5S. The van der Waals surface area contributed by atoms with Gasteiger partial charge >= 0.3 is 0 Å². The Hall–Kier alpha value is -2.22. The molecule has 1 amide bonds. The van der Waals surface area contributed by atoms with Crippen molar-refractivity contribution in [1.29, 1.82) is 0 Å². The van der Waals surface area contributed by atoms with E-state index in [9.17, 15) is 13.2 Å². The number of aliphatic hydroxyl groups is 1. The van der Waals surface area contributed by atoms with Crippen LogP contribution in [0.15, 0.2) is 47.4 Å². The molecule has 2 aromatic carbocycles. The average Bonchev–Trinajstić information content (AvgIpc) is 2.89. The van der Waals surface area contributed by atoms with Gasteiger partial charge in [-0.15, -0.1) is 0 Å². The molecule has 2 aromatic rings. The molecule has 6 nitrogen and oxygen atoms in total. The lowest BCUT2D eigenvalue weighted by atomic mass is 10.0. The molecule has 7 heteroatoms. The number of hydrogen-bond donors (Lipinski definition) is 3. The first-order chi connectivity index (χ1) is 11.3. The highest BCUT2D eigenvalue weighted by Gasteiger charge is 2.19. The van der Waals surface area contributed by atoms with Crippen LogP contribution in [-0.4, -0.2) is 30.6 Å². The minimum absolute atomic E-state index is 0.0420. The van der Waals surface area contributed by atoms with Gasteiger partial charge in [-0.2, -0.15) is 8.42 Å². The largest absolute Gasteiger partial charge is 0.396 e. The summed E-state index contributed by atoms with van der Waals surface area (Å²) in [6, 6.07) is 11.7. The molecule has 128 valence electrons. The molecule has 3 rings (SSSR count). The molecule has 1 heterocycles. The van der Waals surface area contributed by atoms with Gasteiger partial charge in [0, 0.05) is 12.3 Å². The molecule has 1 aliphatic rings. The molecule has 0 bridgehead atoms. The molecule has 0 atom stereocenters. The number of benzene rings is 2. The molecule has 0 saturated carbocycles. The van der Waals surface area contributed by atoms with E-state index in [0.29, 0.717) is 12.8 Å². The van der Waals surface area contributed by atoms with Gasteiger partial charge in [0.05, 0.1) is 11.3 Å². The predicted octanol–water partition coefficient (Wildman–Crippen LogP) is 1.96. The van der Waals surface area contributed by atoms with Crippen LogP contribution < -0.4 is 5.32 Å². The summed E-state index contributed by atoms with van der Waals surface area (Å²) in [5.74, 6) is 0.0420. The third-order valence-corrected chi connectivity index (χ3v) is 4.45. The molecule has 3 N–H and O–H groups in total. The van der Waals surface area contributed by atoms with Crippen molar-refractivity contribution in [3.8, 4) is 0 Å². The van der Waals surface area contributed by atoms with Crippen LogP contribution in [0.4, 0.5) is 5.69 Å². The van der Waals surface area contributed by atoms with Crippen LogP contribution >= 0.6 is 0 Å². The lowest BCUT2D eigenvalue weighted by Crippen LogP contribution is -2.03. The fraction of sp³-hybridized carbons (Fsp3) is 0.235. The molecule has 24 heavy (non-hydrogen) atoms. The minimum atomic E-state index is -4.02. The van der Waals surface area contributed by atoms with E-state index < -0.39 is 10.1 Å². The number of carbonyl (C=O) groups excluding carboxylic acids is 1. The highest BCUT2D eigenvalue weighted by atomic mass is 32.2. The number of aliphatic hydroxyl groups excluding tert-OH is 1. The van der Waals surface area contributed by atoms with E-state index in [1.165, 1.54) is 12.1 Å². The van der Waals surface area contributed by atoms with Crippen molar-refractivity contribution in [2.24, 2.45) is 0 Å². The van der Waals surface area contributed by atoms with Gasteiger partial charge in [0.25, 0.3) is 10.1 Å². The normalized spacial score (nSPS) is 12.9. The Morgan fingerprint density at radius 1 is 1.12 bits per heavy atom. The molecule has 0 saturated heterocycles. The molecular weight excluding hydrogens is 330 g/mol. The van der Waals surface area contributed by atoms with Gasteiger partial charge in [-0.3, -0.25) is 9.35 Å². The number of carbonyl (C=O) groups is 1. The van der Waals surface area contributed by atoms with Crippen molar-refractivity contribution in [3.05, 3.63) is 59.2 Å². The summed E-state index contributed by atoms with van der Waals surface area (Å²) in [5.41, 5.74) is 3.97. The van der Waals surface area contributed by atoms with Gasteiger partial charge in [-0.1, -0.05) is 29.8 Å². The molecule has 0 spiro atoms. The number of nitrogens with one attached hydrogen (secondary N) is 1. The second-order valence-corrected chi connectivity index (χ2v) is 6.85. The highest BCUT2D eigenvalue weighted by Crippen LogP contribution is 2.26. The van der Waals surface area contributed by atoms with E-state index in [2.05, 4.69) is 5.32 Å². The number of amides is 1. The van der Waals surface area contributed by atoms with Crippen LogP contribution in [0.3, 0.4) is 0 Å². The van der Waals surface area contributed by atoms with E-state index in [0.717, 1.165) is 22.4 Å². The maximum Gasteiger partial charge on any atom is 0.294 e. The summed E-state index contributed by atoms with van der Waals surface area (Å²) in [6.07, 6.45) is 1.07. The monoisotopic (exact) mass is 349 g/mol. The number of fused-ring (bicyclic) bond motifs is 1. The summed E-state index contributed by atoms with van der Waals surface area (Å²) >= 11 is 0. The molecule has 0 radical (unpaired) electrons. The summed E-state index contributed by atoms with van der Waals surface area (Å²) in [7, 11) is -4.02. The maximum absolute atomic E-state index is 11.1. The number of hydrogen-bond acceptors (Lipinski definition) is 4. The van der Waals surface area contributed by atoms with Crippen molar-refractivity contribution in [2.75, 3.05) is 11.9 Å². The predicted molar refractivity (Wildman–Crippen MR) is 90.6 cm³/mol. The first-order valence-corrected chi connectivity index (χ1v) is 8.81. The first-order valence-electron chi connectivity index (χ1n) is 7.37. The van der Waals surface area contributed by atoms with Crippen LogP contribution in [0.25, 0.3) is 0 Å². The lowest BCUT2D eigenvalue weighted by molar-refractivity contribution is -0.115. The quantitative estimate of drug-likeness (QED) is 0.735. The minimum Gasteiger partial charge on any atom is -0.396 e. The van der Waals surface area contributed by atoms with E-state index in [1.807, 2.05) is 25.1 Å². The summed E-state index contributed by atoms with van der Waals surface area (Å²) in [6.45, 7) is 1.97. The zero-order valence-electron chi connectivity index (χ0n) is 13.2. The zero-order chi connectivity index (χ0) is 17.7. The Bertz CT molecular complexity index is 829. The van der Waals surface area contributed by atoms with Gasteiger partial charge in [0.2, 0.25) is 5.91 Å². The highest BCUT2D eigenvalue weighted by molar-refractivity contribution is 7.85. The van der Waals surface area contributed by atoms with Gasteiger partial charge in [-0.05, 0) is 42.7 Å². The number of aryl methyl sites for hydroxylation is 1. The van der Waals surface area contributed by atoms with Crippen molar-refractivity contribution >= 4 is 21.7 Å². The van der Waals surface area contributed by atoms with Crippen LogP contribution in [0.1, 0.15) is 16.7 Å². The van der Waals surface area contributed by atoms with Gasteiger partial charge < -0.3 is 10.4 Å². The fourth-order valence-electron chi connectivity index (χ4n) is 2.38. The SMILES string of the molecule is Cc1ccc(S(=O)(=O)O)cc1.O=C1Cc2c(CCO)cccc2N1. The third-order valence-electron chi connectivity index (χ3n) is 3.58. The van der Waals surface area contributed by atoms with Crippen LogP contribution in [0, 0.1) is 6.92 Å². The third kappa shape index (κ3) is 4.64. The van der Waals surface area contributed by atoms with Gasteiger partial charge in [-0.25, -0.2) is 0 Å². The number of rotatable bonds is 3. The van der Waals surface area contributed by atoms with E-state index in [4.69, 9.17) is 9.66 Å². The second kappa shape index (κ2) is 7.57. The van der Waals surface area contributed by atoms with E-state index in [1.54, 1.807) is 12.1 Å². The summed E-state index contributed by atoms with van der Waals surface area (Å²) in [5, 5.41) is 11.6. The second-order valence-electron chi connectivity index (χ2n) is 5.43. The van der Waals surface area contributed by atoms with Crippen molar-refractivity contribution < 1.29 is 22.9 Å². The summed E-state index contributed by atoms with van der Waals surface area (Å²) in [4.78, 5) is 11.0. The zero-order valence-corrected chi connectivity index (χ0v) is 14.0. The fourth-order valence-corrected chi connectivity index (χ4v) is 2.86. The number of anilines is 1. The Morgan fingerprint density at radius 3 is 2.38 bits per heavy atom. The molecule has 0 unspecified atom stereocenters. The van der Waals surface area contributed by atoms with Crippen molar-refractivity contribution in [3.63, 3.8) is 0 Å². The Balaban J connectivity index is 0.000000177. The van der Waals surface area contributed by atoms with Crippen LogP contribution in [0.2, 0.25) is 0 Å². The molecule has 1 aliphatic heterocycles. The molecule has 0 aliphatic carbocycles. The topological polar surface area (TPSA) is 104 Å². The van der Waals surface area contributed by atoms with E-state index in [-0.39, 0.29) is 17.4 Å². The standard InChI is InChI=1S/C10H11NO2.C7H8O3S/c12-5-4-7-2-1-3-9-8(7)6-10(13)11-9;1-6-2-4-7(5-3-6)11(8,9)10/h1-3,12H,4-6H2,(H,11,13);2-5H,1H3,(H,8,9,10). The Kier molecular flexibility index (Phi) is 5.71. The molecule has 0 fully saturated rings. The van der Waals surface area contributed by atoms with Crippen molar-refractivity contribution in [1.82, 2.24) is 0 Å². The lowest BCUT2D eigenvalue weighted by Gasteiger charge is -2.04. The van der Waals surface area contributed by atoms with E-state index >= 15 is 0 Å². The Morgan fingerprint density at radius 2 is 1.79 bits per heavy atom. The summed E-state index contributed by atoms with van der Waals surface area (Å²) < 4.78 is 29.6. The molecule has 0 aromatic heterocycles. The van der Waals surface area contributed by atoms with Crippen molar-refractivity contribution in [2.45, 2.75) is 24.7 Å².